The Morgan fingerprint density at radius 1 is 1.16 bits per heavy atom. The second kappa shape index (κ2) is 8.15. The number of amides is 1. The van der Waals surface area contributed by atoms with Crippen molar-refractivity contribution in [1.82, 2.24) is 15.3 Å². The highest BCUT2D eigenvalue weighted by molar-refractivity contribution is 6.04. The van der Waals surface area contributed by atoms with Gasteiger partial charge in [-0.25, -0.2) is 9.97 Å². The van der Waals surface area contributed by atoms with E-state index in [-0.39, 0.29) is 11.7 Å². The van der Waals surface area contributed by atoms with Crippen LogP contribution in [0, 0.1) is 25.2 Å². The zero-order valence-electron chi connectivity index (χ0n) is 14.5. The van der Waals surface area contributed by atoms with Crippen LogP contribution in [0.5, 0.6) is 0 Å². The van der Waals surface area contributed by atoms with Crippen molar-refractivity contribution in [3.05, 3.63) is 58.7 Å². The molecule has 0 spiro atoms. The molecule has 0 saturated carbocycles. The summed E-state index contributed by atoms with van der Waals surface area (Å²) in [6.45, 7) is 6.10. The number of hydrogen-bond donors (Lipinski definition) is 1. The van der Waals surface area contributed by atoms with Crippen LogP contribution >= 0.6 is 0 Å². The molecule has 6 nitrogen and oxygen atoms in total. The summed E-state index contributed by atoms with van der Waals surface area (Å²) in [4.78, 5) is 33.3. The molecular weight excluding hydrogens is 316 g/mol. The van der Waals surface area contributed by atoms with Crippen LogP contribution in [0.1, 0.15) is 57.2 Å². The summed E-state index contributed by atoms with van der Waals surface area (Å²) in [5, 5.41) is 12.2. The van der Waals surface area contributed by atoms with Gasteiger partial charge in [0, 0.05) is 29.1 Å². The van der Waals surface area contributed by atoms with Gasteiger partial charge in [-0.2, -0.15) is 5.26 Å². The first-order valence-electron chi connectivity index (χ1n) is 8.10. The lowest BCUT2D eigenvalue weighted by atomic mass is 9.96. The van der Waals surface area contributed by atoms with Gasteiger partial charge in [0.2, 0.25) is 0 Å². The predicted molar refractivity (Wildman–Crippen MR) is 93.3 cm³/mol. The molecule has 0 bridgehead atoms. The zero-order chi connectivity index (χ0) is 18.4. The summed E-state index contributed by atoms with van der Waals surface area (Å²) >= 11 is 0. The van der Waals surface area contributed by atoms with E-state index in [1.807, 2.05) is 13.0 Å². The maximum absolute atomic E-state index is 12.8. The highest BCUT2D eigenvalue weighted by Gasteiger charge is 2.25. The third-order valence-electron chi connectivity index (χ3n) is 3.59. The number of rotatable bonds is 6. The topological polar surface area (TPSA) is 95.7 Å². The average Bonchev–Trinajstić information content (AvgIpc) is 2.59. The zero-order valence-corrected chi connectivity index (χ0v) is 14.5. The fourth-order valence-corrected chi connectivity index (χ4v) is 2.44. The number of aryl methyl sites for hydroxylation is 2. The van der Waals surface area contributed by atoms with E-state index in [2.05, 4.69) is 15.3 Å². The molecule has 128 valence electrons. The number of carbonyl (C=O) groups excluding carboxylic acids is 2. The SMILES string of the molecule is CCCNC(=O)c1cccc(C(=O)C(C#N)c2nc(C)cc(C)n2)c1. The molecule has 25 heavy (non-hydrogen) atoms. The number of nitriles is 1. The Balaban J connectivity index is 2.32. The van der Waals surface area contributed by atoms with Crippen LogP contribution in [0.25, 0.3) is 0 Å². The van der Waals surface area contributed by atoms with Crippen molar-refractivity contribution in [2.45, 2.75) is 33.1 Å². The van der Waals surface area contributed by atoms with Crippen LogP contribution in [0.3, 0.4) is 0 Å². The van der Waals surface area contributed by atoms with Gasteiger partial charge in [0.05, 0.1) is 6.07 Å². The molecule has 1 atom stereocenters. The van der Waals surface area contributed by atoms with Crippen LogP contribution in [0.2, 0.25) is 0 Å². The molecule has 1 aromatic heterocycles. The van der Waals surface area contributed by atoms with E-state index in [9.17, 15) is 14.9 Å². The molecule has 0 fully saturated rings. The fraction of sp³-hybridized carbons (Fsp3) is 0.316. The number of nitrogens with one attached hydrogen (secondary N) is 1. The summed E-state index contributed by atoms with van der Waals surface area (Å²) in [5.74, 6) is -1.58. The van der Waals surface area contributed by atoms with Gasteiger partial charge < -0.3 is 5.32 Å². The Labute approximate surface area is 146 Å². The highest BCUT2D eigenvalue weighted by Crippen LogP contribution is 2.19. The van der Waals surface area contributed by atoms with Gasteiger partial charge in [0.15, 0.2) is 17.5 Å². The molecule has 1 heterocycles. The van der Waals surface area contributed by atoms with Crippen molar-refractivity contribution in [2.75, 3.05) is 6.54 Å². The fourth-order valence-electron chi connectivity index (χ4n) is 2.44. The molecule has 0 aliphatic heterocycles. The third kappa shape index (κ3) is 4.48. The number of benzene rings is 1. The Morgan fingerprint density at radius 3 is 2.40 bits per heavy atom. The Morgan fingerprint density at radius 2 is 1.80 bits per heavy atom. The maximum atomic E-state index is 12.8. The number of hydrogen-bond acceptors (Lipinski definition) is 5. The van der Waals surface area contributed by atoms with E-state index in [4.69, 9.17) is 0 Å². The minimum Gasteiger partial charge on any atom is -0.352 e. The lowest BCUT2D eigenvalue weighted by Gasteiger charge is -2.10. The Kier molecular flexibility index (Phi) is 5.96. The van der Waals surface area contributed by atoms with E-state index < -0.39 is 11.7 Å². The maximum Gasteiger partial charge on any atom is 0.251 e. The summed E-state index contributed by atoms with van der Waals surface area (Å²) in [5.41, 5.74) is 2.07. The summed E-state index contributed by atoms with van der Waals surface area (Å²) in [6.07, 6.45) is 0.824. The molecule has 1 N–H and O–H groups in total. The number of Topliss-reactive ketones (excluding diaryl/α,β-unsaturated/α-hetero) is 1. The van der Waals surface area contributed by atoms with Gasteiger partial charge in [0.1, 0.15) is 0 Å². The van der Waals surface area contributed by atoms with Crippen molar-refractivity contribution in [1.29, 1.82) is 5.26 Å². The molecule has 0 radical (unpaired) electrons. The van der Waals surface area contributed by atoms with E-state index >= 15 is 0 Å². The minimum atomic E-state index is -1.10. The largest absolute Gasteiger partial charge is 0.352 e. The van der Waals surface area contributed by atoms with Crippen LogP contribution in [-0.2, 0) is 0 Å². The second-order valence-corrected chi connectivity index (χ2v) is 5.77. The molecule has 1 aromatic carbocycles. The first-order chi connectivity index (χ1) is 12.0. The van der Waals surface area contributed by atoms with E-state index in [0.29, 0.717) is 29.1 Å². The molecule has 2 aromatic rings. The van der Waals surface area contributed by atoms with Crippen molar-refractivity contribution >= 4 is 11.7 Å². The number of ketones is 1. The summed E-state index contributed by atoms with van der Waals surface area (Å²) < 4.78 is 0. The first-order valence-corrected chi connectivity index (χ1v) is 8.10. The van der Waals surface area contributed by atoms with Gasteiger partial charge in [0.25, 0.3) is 5.91 Å². The number of carbonyl (C=O) groups is 2. The number of nitrogens with zero attached hydrogens (tertiary/aromatic N) is 3. The molecule has 1 amide bonds. The van der Waals surface area contributed by atoms with Crippen LogP contribution in [0.15, 0.2) is 30.3 Å². The lowest BCUT2D eigenvalue weighted by molar-refractivity contribution is 0.0953. The number of aromatic nitrogens is 2. The highest BCUT2D eigenvalue weighted by atomic mass is 16.1. The molecular formula is C19H20N4O2. The van der Waals surface area contributed by atoms with Crippen LogP contribution in [-0.4, -0.2) is 28.2 Å². The lowest BCUT2D eigenvalue weighted by Crippen LogP contribution is -2.24. The Bertz CT molecular complexity index is 819. The van der Waals surface area contributed by atoms with Crippen LogP contribution in [0.4, 0.5) is 0 Å². The van der Waals surface area contributed by atoms with Crippen molar-refractivity contribution in [2.24, 2.45) is 0 Å². The normalized spacial score (nSPS) is 11.4. The van der Waals surface area contributed by atoms with E-state index in [1.54, 1.807) is 38.1 Å². The minimum absolute atomic E-state index is 0.186. The molecule has 1 unspecified atom stereocenters. The molecule has 6 heteroatoms. The Hall–Kier alpha value is -3.07. The quantitative estimate of drug-likeness (QED) is 0.818. The summed E-state index contributed by atoms with van der Waals surface area (Å²) in [6, 6.07) is 10.1. The van der Waals surface area contributed by atoms with Gasteiger partial charge in [-0.05, 0) is 38.5 Å². The molecule has 2 rings (SSSR count). The summed E-state index contributed by atoms with van der Waals surface area (Å²) in [7, 11) is 0. The van der Waals surface area contributed by atoms with E-state index in [1.165, 1.54) is 6.07 Å². The molecule has 0 aliphatic carbocycles. The monoisotopic (exact) mass is 336 g/mol. The van der Waals surface area contributed by atoms with Gasteiger partial charge in [-0.3, -0.25) is 9.59 Å². The molecule has 0 aliphatic rings. The smallest absolute Gasteiger partial charge is 0.251 e. The standard InChI is InChI=1S/C19H20N4O2/c1-4-8-21-19(25)15-7-5-6-14(10-15)17(24)16(11-20)18-22-12(2)9-13(3)23-18/h5-7,9-10,16H,4,8H2,1-3H3,(H,21,25). The van der Waals surface area contributed by atoms with Crippen molar-refractivity contribution in [3.63, 3.8) is 0 Å². The van der Waals surface area contributed by atoms with Gasteiger partial charge >= 0.3 is 0 Å². The van der Waals surface area contributed by atoms with E-state index in [0.717, 1.165) is 6.42 Å². The van der Waals surface area contributed by atoms with Gasteiger partial charge in [-0.1, -0.05) is 19.1 Å². The predicted octanol–water partition coefficient (Wildman–Crippen LogP) is 2.72. The molecule has 0 saturated heterocycles. The average molecular weight is 336 g/mol. The van der Waals surface area contributed by atoms with Crippen molar-refractivity contribution < 1.29 is 9.59 Å². The first kappa shape index (κ1) is 18.3. The third-order valence-corrected chi connectivity index (χ3v) is 3.59. The second-order valence-electron chi connectivity index (χ2n) is 5.77. The van der Waals surface area contributed by atoms with Crippen molar-refractivity contribution in [3.8, 4) is 6.07 Å². The van der Waals surface area contributed by atoms with Crippen LogP contribution < -0.4 is 5.32 Å². The van der Waals surface area contributed by atoms with Gasteiger partial charge in [-0.15, -0.1) is 0 Å².